The van der Waals surface area contributed by atoms with Gasteiger partial charge in [-0.15, -0.1) is 11.3 Å². The number of amides is 4. The van der Waals surface area contributed by atoms with Gasteiger partial charge in [0.1, 0.15) is 18.2 Å². The average molecular weight is 697 g/mol. The number of Topliss-reactive ketones (excluding diaryl/α,β-unsaturated/α-hetero) is 1. The molecule has 1 aliphatic carbocycles. The van der Waals surface area contributed by atoms with Gasteiger partial charge in [0, 0.05) is 24.2 Å². The summed E-state index contributed by atoms with van der Waals surface area (Å²) < 4.78 is 7.03. The van der Waals surface area contributed by atoms with E-state index in [9.17, 15) is 19.2 Å². The summed E-state index contributed by atoms with van der Waals surface area (Å²) in [6.07, 6.45) is 4.62. The smallest absolute Gasteiger partial charge is 0.315 e. The summed E-state index contributed by atoms with van der Waals surface area (Å²) in [5.41, 5.74) is -0.486. The summed E-state index contributed by atoms with van der Waals surface area (Å²) in [7, 11) is 0. The Morgan fingerprint density at radius 3 is 2.38 bits per heavy atom. The number of thiazole rings is 1. The van der Waals surface area contributed by atoms with Gasteiger partial charge in [-0.25, -0.2) is 14.8 Å². The number of ketones is 1. The van der Waals surface area contributed by atoms with Crippen LogP contribution in [0.4, 0.5) is 4.79 Å². The van der Waals surface area contributed by atoms with Crippen molar-refractivity contribution < 1.29 is 23.9 Å². The second-order valence-corrected chi connectivity index (χ2v) is 16.4. The van der Waals surface area contributed by atoms with E-state index in [4.69, 9.17) is 16.3 Å². The van der Waals surface area contributed by atoms with Crippen molar-refractivity contribution in [3.8, 4) is 5.88 Å². The summed E-state index contributed by atoms with van der Waals surface area (Å²) in [6, 6.07) is 7.63. The highest BCUT2D eigenvalue weighted by Gasteiger charge is 2.47. The molecule has 5 rings (SSSR count). The first-order valence-electron chi connectivity index (χ1n) is 16.4. The van der Waals surface area contributed by atoms with Crippen LogP contribution in [0.15, 0.2) is 42.6 Å². The SMILES string of the molecule is CC(C)(C)NC(=O)N[C@H](C(=O)N1C[C@H](Oc2ccc(Cl)cn2)C[C@H]1C(=O)NC(CC1CCC1)C(=O)c1nc2ccccc2s1)C(C)(C)C. The van der Waals surface area contributed by atoms with Crippen LogP contribution in [0.1, 0.15) is 83.4 Å². The van der Waals surface area contributed by atoms with Gasteiger partial charge < -0.3 is 25.6 Å². The van der Waals surface area contributed by atoms with E-state index in [-0.39, 0.29) is 18.7 Å². The molecule has 1 saturated carbocycles. The van der Waals surface area contributed by atoms with Crippen molar-refractivity contribution in [1.29, 1.82) is 0 Å². The predicted octanol–water partition coefficient (Wildman–Crippen LogP) is 5.76. The molecule has 1 saturated heterocycles. The van der Waals surface area contributed by atoms with E-state index in [0.717, 1.165) is 29.5 Å². The number of pyridine rings is 1. The minimum Gasteiger partial charge on any atom is -0.472 e. The van der Waals surface area contributed by atoms with Gasteiger partial charge in [-0.2, -0.15) is 0 Å². The summed E-state index contributed by atoms with van der Waals surface area (Å²) in [4.78, 5) is 65.8. The molecule has 13 heteroatoms. The lowest BCUT2D eigenvalue weighted by atomic mass is 9.80. The third-order valence-electron chi connectivity index (χ3n) is 8.64. The zero-order valence-corrected chi connectivity index (χ0v) is 29.9. The van der Waals surface area contributed by atoms with Gasteiger partial charge in [0.15, 0.2) is 5.01 Å². The number of fused-ring (bicyclic) bond motifs is 1. The van der Waals surface area contributed by atoms with Gasteiger partial charge in [0.05, 0.1) is 27.8 Å². The molecule has 258 valence electrons. The van der Waals surface area contributed by atoms with Crippen LogP contribution < -0.4 is 20.7 Å². The number of hydrogen-bond donors (Lipinski definition) is 3. The molecule has 48 heavy (non-hydrogen) atoms. The summed E-state index contributed by atoms with van der Waals surface area (Å²) in [6.45, 7) is 11.2. The maximum absolute atomic E-state index is 14.4. The lowest BCUT2D eigenvalue weighted by Crippen LogP contribution is -2.61. The molecule has 0 radical (unpaired) electrons. The normalized spacial score (nSPS) is 19.7. The van der Waals surface area contributed by atoms with Gasteiger partial charge in [-0.1, -0.05) is 63.8 Å². The quantitative estimate of drug-likeness (QED) is 0.229. The van der Waals surface area contributed by atoms with Gasteiger partial charge in [-0.3, -0.25) is 14.4 Å². The van der Waals surface area contributed by atoms with Crippen molar-refractivity contribution in [2.24, 2.45) is 11.3 Å². The van der Waals surface area contributed by atoms with E-state index in [1.165, 1.54) is 22.4 Å². The molecular formula is C35H45ClN6O5S. The van der Waals surface area contributed by atoms with Crippen molar-refractivity contribution in [1.82, 2.24) is 30.8 Å². The van der Waals surface area contributed by atoms with E-state index >= 15 is 0 Å². The Labute approximate surface area is 290 Å². The number of urea groups is 1. The molecule has 3 aromatic rings. The second kappa shape index (κ2) is 14.4. The van der Waals surface area contributed by atoms with E-state index in [1.54, 1.807) is 12.1 Å². The molecule has 2 aliphatic rings. The number of hydrogen-bond acceptors (Lipinski definition) is 8. The minimum atomic E-state index is -0.960. The van der Waals surface area contributed by atoms with Gasteiger partial charge >= 0.3 is 6.03 Å². The third-order valence-corrected chi connectivity index (χ3v) is 9.92. The molecule has 0 bridgehead atoms. The van der Waals surface area contributed by atoms with Crippen LogP contribution in [0.25, 0.3) is 10.2 Å². The molecule has 1 unspecified atom stereocenters. The molecular weight excluding hydrogens is 652 g/mol. The van der Waals surface area contributed by atoms with Gasteiger partial charge in [0.25, 0.3) is 0 Å². The number of para-hydroxylation sites is 1. The van der Waals surface area contributed by atoms with Crippen LogP contribution in [-0.2, 0) is 9.59 Å². The van der Waals surface area contributed by atoms with Gasteiger partial charge in [0.2, 0.25) is 23.5 Å². The fourth-order valence-electron chi connectivity index (χ4n) is 5.99. The number of nitrogens with one attached hydrogen (secondary N) is 3. The van der Waals surface area contributed by atoms with Crippen LogP contribution in [0.3, 0.4) is 0 Å². The lowest BCUT2D eigenvalue weighted by molar-refractivity contribution is -0.142. The zero-order valence-electron chi connectivity index (χ0n) is 28.3. The molecule has 2 fully saturated rings. The molecule has 2 aromatic heterocycles. The largest absolute Gasteiger partial charge is 0.472 e. The Bertz CT molecular complexity index is 1610. The summed E-state index contributed by atoms with van der Waals surface area (Å²) >= 11 is 7.32. The maximum Gasteiger partial charge on any atom is 0.315 e. The highest BCUT2D eigenvalue weighted by Crippen LogP contribution is 2.33. The van der Waals surface area contributed by atoms with Crippen LogP contribution in [0, 0.1) is 11.3 Å². The monoisotopic (exact) mass is 696 g/mol. The van der Waals surface area contributed by atoms with E-state index in [2.05, 4.69) is 25.9 Å². The topological polar surface area (TPSA) is 143 Å². The van der Waals surface area contributed by atoms with Crippen molar-refractivity contribution in [2.45, 2.75) is 103 Å². The molecule has 1 aliphatic heterocycles. The zero-order chi connectivity index (χ0) is 34.8. The minimum absolute atomic E-state index is 0.0789. The lowest BCUT2D eigenvalue weighted by Gasteiger charge is -2.36. The number of halogens is 1. The van der Waals surface area contributed by atoms with Crippen molar-refractivity contribution in [2.75, 3.05) is 6.54 Å². The first-order chi connectivity index (χ1) is 22.6. The Morgan fingerprint density at radius 1 is 1.04 bits per heavy atom. The summed E-state index contributed by atoms with van der Waals surface area (Å²) in [5, 5.41) is 9.52. The van der Waals surface area contributed by atoms with Crippen LogP contribution >= 0.6 is 22.9 Å². The average Bonchev–Trinajstić information content (AvgIpc) is 3.61. The molecule has 4 amide bonds. The maximum atomic E-state index is 14.4. The highest BCUT2D eigenvalue weighted by molar-refractivity contribution is 7.20. The Morgan fingerprint density at radius 2 is 1.77 bits per heavy atom. The number of benzene rings is 1. The number of carbonyl (C=O) groups is 4. The third kappa shape index (κ3) is 8.82. The van der Waals surface area contributed by atoms with Crippen LogP contribution in [0.5, 0.6) is 5.88 Å². The van der Waals surface area contributed by atoms with Gasteiger partial charge in [-0.05, 0) is 56.7 Å². The fraction of sp³-hybridized carbons (Fsp3) is 0.543. The van der Waals surface area contributed by atoms with E-state index in [1.807, 2.05) is 65.8 Å². The van der Waals surface area contributed by atoms with E-state index < -0.39 is 53.0 Å². The molecule has 0 spiro atoms. The number of carbonyl (C=O) groups excluding carboxylic acids is 4. The van der Waals surface area contributed by atoms with Crippen molar-refractivity contribution in [3.05, 3.63) is 52.6 Å². The molecule has 3 heterocycles. The number of nitrogens with zero attached hydrogens (tertiary/aromatic N) is 3. The number of rotatable bonds is 10. The molecule has 1 aromatic carbocycles. The number of aromatic nitrogens is 2. The molecule has 3 N–H and O–H groups in total. The highest BCUT2D eigenvalue weighted by atomic mass is 35.5. The van der Waals surface area contributed by atoms with E-state index in [0.29, 0.717) is 28.2 Å². The Kier molecular flexibility index (Phi) is 10.6. The van der Waals surface area contributed by atoms with Crippen LogP contribution in [-0.4, -0.2) is 74.8 Å². The summed E-state index contributed by atoms with van der Waals surface area (Å²) in [5.74, 6) is -0.489. The predicted molar refractivity (Wildman–Crippen MR) is 186 cm³/mol. The van der Waals surface area contributed by atoms with Crippen molar-refractivity contribution >= 4 is 56.8 Å². The first-order valence-corrected chi connectivity index (χ1v) is 17.6. The first kappa shape index (κ1) is 35.5. The van der Waals surface area contributed by atoms with Crippen LogP contribution in [0.2, 0.25) is 5.02 Å². The molecule has 4 atom stereocenters. The fourth-order valence-corrected chi connectivity index (χ4v) is 7.06. The standard InChI is InChI=1S/C35H45ClN6O5S/c1-34(2,3)29(40-33(46)41-35(4,5)6)32(45)42-19-22(47-27-15-14-21(36)18-37-27)17-25(42)30(44)38-24(16-20-10-9-11-20)28(43)31-39-23-12-7-8-13-26(23)48-31/h7-8,12-15,18,20,22,24-25,29H,9-11,16-17,19H2,1-6H3,(H,38,44)(H2,40,41,46)/t22-,24?,25+,29-/m1/s1. The number of likely N-dealkylation sites (tertiary alicyclic amines) is 1. The molecule has 11 nitrogen and oxygen atoms in total. The second-order valence-electron chi connectivity index (χ2n) is 14.9. The Balaban J connectivity index is 1.41. The van der Waals surface area contributed by atoms with Crippen molar-refractivity contribution in [3.63, 3.8) is 0 Å². The Hall–Kier alpha value is -3.77. The number of ether oxygens (including phenoxy) is 1.